The summed E-state index contributed by atoms with van der Waals surface area (Å²) in [5.41, 5.74) is 3.31. The van der Waals surface area contributed by atoms with Crippen molar-refractivity contribution in [3.05, 3.63) is 70.3 Å². The lowest BCUT2D eigenvalue weighted by Gasteiger charge is -2.43. The van der Waals surface area contributed by atoms with Crippen LogP contribution in [-0.2, 0) is 18.4 Å². The minimum absolute atomic E-state index is 0.0124. The van der Waals surface area contributed by atoms with Crippen molar-refractivity contribution in [1.29, 1.82) is 0 Å². The maximum absolute atomic E-state index is 13.6. The van der Waals surface area contributed by atoms with Crippen LogP contribution in [0.4, 0.5) is 4.79 Å². The summed E-state index contributed by atoms with van der Waals surface area (Å²) >= 11 is 0. The van der Waals surface area contributed by atoms with Gasteiger partial charge in [-0.25, -0.2) is 4.79 Å². The average Bonchev–Trinajstić information content (AvgIpc) is 3.20. The van der Waals surface area contributed by atoms with E-state index in [0.717, 1.165) is 29.5 Å². The van der Waals surface area contributed by atoms with Crippen molar-refractivity contribution in [3.63, 3.8) is 0 Å². The van der Waals surface area contributed by atoms with Crippen molar-refractivity contribution in [2.45, 2.75) is 88.2 Å². The van der Waals surface area contributed by atoms with E-state index in [1.807, 2.05) is 49.1 Å². The van der Waals surface area contributed by atoms with Gasteiger partial charge >= 0.3 is 6.09 Å². The molecule has 3 amide bonds. The zero-order valence-corrected chi connectivity index (χ0v) is 23.0. The van der Waals surface area contributed by atoms with E-state index in [2.05, 4.69) is 0 Å². The maximum atomic E-state index is 13.6. The Balaban J connectivity index is 1.22. The van der Waals surface area contributed by atoms with Crippen LogP contribution in [0.25, 0.3) is 0 Å². The van der Waals surface area contributed by atoms with Crippen molar-refractivity contribution in [1.82, 2.24) is 14.7 Å². The van der Waals surface area contributed by atoms with E-state index >= 15 is 0 Å². The third-order valence-electron chi connectivity index (χ3n) is 9.43. The molecule has 4 aliphatic rings. The molecule has 40 heavy (non-hydrogen) atoms. The minimum atomic E-state index is -1.09. The van der Waals surface area contributed by atoms with Gasteiger partial charge in [-0.3, -0.25) is 14.5 Å². The number of hydrogen-bond donors (Lipinski definition) is 3. The first-order chi connectivity index (χ1) is 19.0. The van der Waals surface area contributed by atoms with Crippen LogP contribution in [0.5, 0.6) is 0 Å². The normalized spacial score (nSPS) is 27.7. The molecular formula is C31H37N3O6. The monoisotopic (exact) mass is 547 g/mol. The van der Waals surface area contributed by atoms with E-state index < -0.39 is 23.7 Å². The van der Waals surface area contributed by atoms with E-state index in [0.29, 0.717) is 36.9 Å². The molecule has 0 radical (unpaired) electrons. The lowest BCUT2D eigenvalue weighted by atomic mass is 9.77. The summed E-state index contributed by atoms with van der Waals surface area (Å²) in [6.07, 6.45) is 0.915. The highest BCUT2D eigenvalue weighted by Gasteiger charge is 2.44. The molecular weight excluding hydrogens is 510 g/mol. The van der Waals surface area contributed by atoms with E-state index in [1.165, 1.54) is 4.90 Å². The molecule has 1 unspecified atom stereocenters. The summed E-state index contributed by atoms with van der Waals surface area (Å²) in [5.74, 6) is -0.277. The Bertz CT molecular complexity index is 1340. The molecule has 0 aromatic heterocycles. The number of hydrogen-bond acceptors (Lipinski definition) is 5. The third kappa shape index (κ3) is 4.55. The summed E-state index contributed by atoms with van der Waals surface area (Å²) < 4.78 is 0. The fourth-order valence-corrected chi connectivity index (χ4v) is 7.45. The zero-order chi connectivity index (χ0) is 28.3. The van der Waals surface area contributed by atoms with Crippen LogP contribution in [0, 0.1) is 0 Å². The number of carbonyl (C=O) groups is 3. The molecule has 2 aromatic carbocycles. The van der Waals surface area contributed by atoms with Crippen molar-refractivity contribution in [2.75, 3.05) is 13.1 Å². The van der Waals surface area contributed by atoms with Gasteiger partial charge in [-0.15, -0.1) is 0 Å². The number of fused-ring (bicyclic) bond motifs is 4. The van der Waals surface area contributed by atoms with Gasteiger partial charge in [0.25, 0.3) is 11.8 Å². The van der Waals surface area contributed by atoms with Crippen molar-refractivity contribution in [2.24, 2.45) is 0 Å². The summed E-state index contributed by atoms with van der Waals surface area (Å²) in [6, 6.07) is 12.4. The number of carbonyl (C=O) groups excluding carboxylic acids is 2. The van der Waals surface area contributed by atoms with Gasteiger partial charge in [0.2, 0.25) is 0 Å². The number of amides is 3. The number of benzene rings is 2. The van der Waals surface area contributed by atoms with Gasteiger partial charge in [-0.1, -0.05) is 38.1 Å². The number of aliphatic hydroxyl groups excluding tert-OH is 2. The first kappa shape index (κ1) is 26.8. The SMILES string of the molecule is CC1(C)CN(CC(O)[C@@H]2Cc3ccccc3CN2C(=O)O)C(=O)c2ccc(C(=O)N3[C@@H]4CC[C@H]3C[C@H](O)C4)cc21. The second kappa shape index (κ2) is 9.89. The maximum Gasteiger partial charge on any atom is 0.407 e. The number of β-amino-alcohol motifs (C(OH)–C–C–N with tert-alkyl or cyclic N) is 1. The highest BCUT2D eigenvalue weighted by Crippen LogP contribution is 2.39. The molecule has 9 heteroatoms. The first-order valence-electron chi connectivity index (χ1n) is 14.2. The van der Waals surface area contributed by atoms with Crippen LogP contribution in [0.1, 0.15) is 76.9 Å². The van der Waals surface area contributed by atoms with Gasteiger partial charge in [0, 0.05) is 48.3 Å². The van der Waals surface area contributed by atoms with Crippen LogP contribution in [0.15, 0.2) is 42.5 Å². The molecule has 2 aromatic rings. The fourth-order valence-electron chi connectivity index (χ4n) is 7.45. The van der Waals surface area contributed by atoms with Gasteiger partial charge in [-0.05, 0) is 67.0 Å². The van der Waals surface area contributed by atoms with Gasteiger partial charge in [0.05, 0.1) is 18.2 Å². The molecule has 212 valence electrons. The lowest BCUT2D eigenvalue weighted by Crippen LogP contribution is -2.56. The lowest BCUT2D eigenvalue weighted by molar-refractivity contribution is 0.0132. The Labute approximate surface area is 234 Å². The van der Waals surface area contributed by atoms with Gasteiger partial charge in [-0.2, -0.15) is 0 Å². The highest BCUT2D eigenvalue weighted by molar-refractivity contribution is 6.00. The standard InChI is InChI=1S/C31H37N3O6/c1-31(2)17-32(16-27(36)26-12-18-5-3-4-6-20(18)15-33(26)30(39)40)29(38)24-10-7-19(11-25(24)31)28(37)34-21-8-9-22(34)14-23(35)13-21/h3-7,10-11,21-23,26-27,35-36H,8-9,12-17H2,1-2H3,(H,39,40)/t21-,22+,23-,26-,27?/m0/s1. The van der Waals surface area contributed by atoms with Crippen molar-refractivity contribution in [3.8, 4) is 0 Å². The first-order valence-corrected chi connectivity index (χ1v) is 14.2. The molecule has 4 aliphatic heterocycles. The molecule has 9 nitrogen and oxygen atoms in total. The molecule has 5 atom stereocenters. The largest absolute Gasteiger partial charge is 0.465 e. The third-order valence-corrected chi connectivity index (χ3v) is 9.43. The van der Waals surface area contributed by atoms with Crippen LogP contribution < -0.4 is 0 Å². The van der Waals surface area contributed by atoms with E-state index in [-0.39, 0.29) is 43.1 Å². The second-order valence-electron chi connectivity index (χ2n) is 12.6. The Morgan fingerprint density at radius 3 is 2.40 bits per heavy atom. The van der Waals surface area contributed by atoms with Crippen molar-refractivity contribution >= 4 is 17.9 Å². The van der Waals surface area contributed by atoms with Crippen LogP contribution >= 0.6 is 0 Å². The smallest absolute Gasteiger partial charge is 0.407 e. The zero-order valence-electron chi connectivity index (χ0n) is 23.0. The Kier molecular flexibility index (Phi) is 6.62. The predicted molar refractivity (Wildman–Crippen MR) is 147 cm³/mol. The number of aliphatic hydroxyl groups is 2. The highest BCUT2D eigenvalue weighted by atomic mass is 16.4. The quantitative estimate of drug-likeness (QED) is 0.541. The molecule has 0 spiro atoms. The molecule has 2 bridgehead atoms. The number of carboxylic acid groups (broad SMARTS) is 1. The van der Waals surface area contributed by atoms with Crippen LogP contribution in [0.3, 0.4) is 0 Å². The van der Waals surface area contributed by atoms with E-state index in [4.69, 9.17) is 0 Å². The Morgan fingerprint density at radius 2 is 1.73 bits per heavy atom. The summed E-state index contributed by atoms with van der Waals surface area (Å²) in [7, 11) is 0. The molecule has 6 rings (SSSR count). The molecule has 0 saturated carbocycles. The van der Waals surface area contributed by atoms with Gasteiger partial charge < -0.3 is 25.1 Å². The summed E-state index contributed by atoms with van der Waals surface area (Å²) in [5, 5.41) is 31.3. The van der Waals surface area contributed by atoms with Gasteiger partial charge in [0.1, 0.15) is 0 Å². The predicted octanol–water partition coefficient (Wildman–Crippen LogP) is 3.01. The van der Waals surface area contributed by atoms with Gasteiger partial charge in [0.15, 0.2) is 0 Å². The van der Waals surface area contributed by atoms with E-state index in [1.54, 1.807) is 17.0 Å². The molecule has 0 aliphatic carbocycles. The minimum Gasteiger partial charge on any atom is -0.465 e. The Hall–Kier alpha value is -3.43. The number of rotatable bonds is 4. The molecule has 2 saturated heterocycles. The number of nitrogens with zero attached hydrogens (tertiary/aromatic N) is 3. The fraction of sp³-hybridized carbons (Fsp3) is 0.516. The number of piperidine rings is 1. The van der Waals surface area contributed by atoms with Crippen LogP contribution in [-0.4, -0.2) is 91.3 Å². The Morgan fingerprint density at radius 1 is 1.05 bits per heavy atom. The summed E-state index contributed by atoms with van der Waals surface area (Å²) in [6.45, 7) is 4.59. The van der Waals surface area contributed by atoms with Crippen LogP contribution in [0.2, 0.25) is 0 Å². The molecule has 4 heterocycles. The summed E-state index contributed by atoms with van der Waals surface area (Å²) in [4.78, 5) is 44.1. The molecule has 3 N–H and O–H groups in total. The average molecular weight is 548 g/mol. The van der Waals surface area contributed by atoms with Crippen molar-refractivity contribution < 1.29 is 29.7 Å². The second-order valence-corrected chi connectivity index (χ2v) is 12.6. The molecule has 2 fully saturated rings. The topological polar surface area (TPSA) is 122 Å². The van der Waals surface area contributed by atoms with E-state index in [9.17, 15) is 29.7 Å².